The largest absolute Gasteiger partial charge is 0.322 e. The van der Waals surface area contributed by atoms with Crippen LogP contribution >= 0.6 is 0 Å². The highest BCUT2D eigenvalue weighted by Crippen LogP contribution is 2.22. The molecule has 0 radical (unpaired) electrons. The molecule has 30 heavy (non-hydrogen) atoms. The summed E-state index contributed by atoms with van der Waals surface area (Å²) in [5.41, 5.74) is 3.84. The maximum absolute atomic E-state index is 4.52. The van der Waals surface area contributed by atoms with Crippen LogP contribution in [-0.2, 0) is 12.1 Å². The topological polar surface area (TPSA) is 52.5 Å². The Bertz CT molecular complexity index is 934. The molecule has 1 aromatic heterocycles. The smallest absolute Gasteiger partial charge is 0.214 e. The molecular formula is C24H34N6+2. The van der Waals surface area contributed by atoms with Crippen molar-refractivity contribution >= 4 is 0 Å². The number of quaternary nitrogens is 2. The van der Waals surface area contributed by atoms with Crippen LogP contribution < -0.4 is 9.80 Å². The first-order valence-corrected chi connectivity index (χ1v) is 11.0. The Labute approximate surface area is 179 Å². The summed E-state index contributed by atoms with van der Waals surface area (Å²) in [5.74, 6) is 0.966. The Morgan fingerprint density at radius 2 is 1.60 bits per heavy atom. The lowest BCUT2D eigenvalue weighted by Crippen LogP contribution is -3.27. The number of tetrazole rings is 1. The summed E-state index contributed by atoms with van der Waals surface area (Å²) >= 11 is 0. The van der Waals surface area contributed by atoms with E-state index in [0.29, 0.717) is 0 Å². The van der Waals surface area contributed by atoms with Gasteiger partial charge in [-0.1, -0.05) is 60.2 Å². The Morgan fingerprint density at radius 1 is 0.933 bits per heavy atom. The molecule has 2 aromatic carbocycles. The highest BCUT2D eigenvalue weighted by atomic mass is 15.6. The molecule has 0 bridgehead atoms. The quantitative estimate of drug-likeness (QED) is 0.659. The van der Waals surface area contributed by atoms with Gasteiger partial charge in [-0.15, -0.1) is 5.10 Å². The number of aryl methyl sites for hydroxylation is 1. The maximum Gasteiger partial charge on any atom is 0.214 e. The maximum atomic E-state index is 4.52. The number of piperazine rings is 1. The molecule has 6 nitrogen and oxygen atoms in total. The number of rotatable bonds is 5. The minimum atomic E-state index is -0.151. The highest BCUT2D eigenvalue weighted by molar-refractivity contribution is 5.26. The fourth-order valence-corrected chi connectivity index (χ4v) is 4.45. The number of benzene rings is 2. The minimum Gasteiger partial charge on any atom is -0.322 e. The van der Waals surface area contributed by atoms with Gasteiger partial charge in [0.25, 0.3) is 0 Å². The van der Waals surface area contributed by atoms with Crippen LogP contribution in [0.5, 0.6) is 0 Å². The van der Waals surface area contributed by atoms with Crippen molar-refractivity contribution < 1.29 is 9.80 Å². The molecule has 2 heterocycles. The number of nitrogens with one attached hydrogen (secondary N) is 2. The molecule has 2 N–H and O–H groups in total. The lowest BCUT2D eigenvalue weighted by Gasteiger charge is -2.35. The SMILES string of the molecule is Cc1ccc([C@H](c2nnnn2C(C)(C)C)[NH+]2CC[NH+](Cc3ccccc3)CC2)cc1. The predicted octanol–water partition coefficient (Wildman–Crippen LogP) is 0.810. The number of hydrogen-bond donors (Lipinski definition) is 2. The standard InChI is InChI=1S/C24H32N6/c1-19-10-12-21(13-11-19)22(23-25-26-27-30(23)24(2,3)4)29-16-14-28(15-17-29)18-20-8-6-5-7-9-20/h5-13,22H,14-18H2,1-4H3/p+2/t22-/m1/s1. The van der Waals surface area contributed by atoms with E-state index in [-0.39, 0.29) is 11.6 Å². The van der Waals surface area contributed by atoms with Gasteiger partial charge in [-0.25, -0.2) is 4.68 Å². The zero-order valence-electron chi connectivity index (χ0n) is 18.6. The molecule has 6 heteroatoms. The molecule has 3 aromatic rings. The number of aromatic nitrogens is 4. The van der Waals surface area contributed by atoms with Crippen LogP contribution in [0.15, 0.2) is 54.6 Å². The summed E-state index contributed by atoms with van der Waals surface area (Å²) < 4.78 is 2.01. The van der Waals surface area contributed by atoms with Crippen LogP contribution in [0.3, 0.4) is 0 Å². The van der Waals surface area contributed by atoms with E-state index < -0.39 is 0 Å². The van der Waals surface area contributed by atoms with Crippen LogP contribution in [0.4, 0.5) is 0 Å². The van der Waals surface area contributed by atoms with E-state index in [1.165, 1.54) is 16.7 Å². The monoisotopic (exact) mass is 406 g/mol. The molecular weight excluding hydrogens is 372 g/mol. The zero-order valence-corrected chi connectivity index (χ0v) is 18.6. The summed E-state index contributed by atoms with van der Waals surface area (Å²) in [4.78, 5) is 3.21. The molecule has 1 aliphatic rings. The predicted molar refractivity (Wildman–Crippen MR) is 117 cm³/mol. The lowest BCUT2D eigenvalue weighted by molar-refractivity contribution is -1.03. The van der Waals surface area contributed by atoms with Crippen LogP contribution in [0.1, 0.15) is 49.3 Å². The Morgan fingerprint density at radius 3 is 2.23 bits per heavy atom. The third-order valence-corrected chi connectivity index (χ3v) is 6.10. The molecule has 158 valence electrons. The van der Waals surface area contributed by atoms with Gasteiger partial charge < -0.3 is 9.80 Å². The van der Waals surface area contributed by atoms with Gasteiger partial charge in [0.2, 0.25) is 5.82 Å². The van der Waals surface area contributed by atoms with Crippen LogP contribution in [0.25, 0.3) is 0 Å². The number of nitrogens with zero attached hydrogens (tertiary/aromatic N) is 4. The highest BCUT2D eigenvalue weighted by Gasteiger charge is 2.37. The van der Waals surface area contributed by atoms with E-state index in [9.17, 15) is 0 Å². The van der Waals surface area contributed by atoms with Gasteiger partial charge in [0, 0.05) is 11.1 Å². The molecule has 0 amide bonds. The van der Waals surface area contributed by atoms with Crippen molar-refractivity contribution in [3.05, 3.63) is 77.1 Å². The van der Waals surface area contributed by atoms with Gasteiger partial charge >= 0.3 is 0 Å². The van der Waals surface area contributed by atoms with E-state index in [0.717, 1.165) is 38.5 Å². The molecule has 1 fully saturated rings. The fourth-order valence-electron chi connectivity index (χ4n) is 4.45. The van der Waals surface area contributed by atoms with E-state index in [1.807, 2.05) is 4.68 Å². The Hall–Kier alpha value is -2.57. The van der Waals surface area contributed by atoms with Crippen molar-refractivity contribution in [2.75, 3.05) is 26.2 Å². The zero-order chi connectivity index (χ0) is 21.1. The molecule has 0 unspecified atom stereocenters. The van der Waals surface area contributed by atoms with Gasteiger partial charge in [0.1, 0.15) is 32.7 Å². The third-order valence-electron chi connectivity index (χ3n) is 6.10. The molecule has 0 saturated carbocycles. The molecule has 0 aliphatic carbocycles. The first-order chi connectivity index (χ1) is 14.4. The minimum absolute atomic E-state index is 0.151. The molecule has 1 atom stereocenters. The van der Waals surface area contributed by atoms with Gasteiger partial charge in [0.15, 0.2) is 6.04 Å². The second-order valence-corrected chi connectivity index (χ2v) is 9.53. The second kappa shape index (κ2) is 8.66. The van der Waals surface area contributed by atoms with Gasteiger partial charge in [-0.2, -0.15) is 0 Å². The first-order valence-electron chi connectivity index (χ1n) is 11.0. The van der Waals surface area contributed by atoms with Crippen LogP contribution in [0.2, 0.25) is 0 Å². The molecule has 1 aliphatic heterocycles. The second-order valence-electron chi connectivity index (χ2n) is 9.53. The van der Waals surface area contributed by atoms with Crippen molar-refractivity contribution in [2.45, 2.75) is 45.8 Å². The Kier molecular flexibility index (Phi) is 5.97. The van der Waals surface area contributed by atoms with Crippen LogP contribution in [0, 0.1) is 6.92 Å². The average Bonchev–Trinajstić information content (AvgIpc) is 3.22. The molecule has 4 rings (SSSR count). The van der Waals surface area contributed by atoms with E-state index in [1.54, 1.807) is 9.80 Å². The van der Waals surface area contributed by atoms with E-state index in [2.05, 4.69) is 97.8 Å². The van der Waals surface area contributed by atoms with Crippen LogP contribution in [-0.4, -0.2) is 46.4 Å². The summed E-state index contributed by atoms with van der Waals surface area (Å²) in [5, 5.41) is 12.9. The summed E-state index contributed by atoms with van der Waals surface area (Å²) in [7, 11) is 0. The molecule has 1 saturated heterocycles. The van der Waals surface area contributed by atoms with E-state index >= 15 is 0 Å². The summed E-state index contributed by atoms with van der Waals surface area (Å²) in [6.45, 7) is 14.3. The van der Waals surface area contributed by atoms with Crippen molar-refractivity contribution in [3.8, 4) is 0 Å². The first kappa shape index (κ1) is 20.7. The van der Waals surface area contributed by atoms with Crippen molar-refractivity contribution in [1.82, 2.24) is 20.2 Å². The number of hydrogen-bond acceptors (Lipinski definition) is 3. The normalized spacial score (nSPS) is 20.8. The fraction of sp³-hybridized carbons (Fsp3) is 0.458. The third kappa shape index (κ3) is 4.60. The average molecular weight is 407 g/mol. The summed E-state index contributed by atoms with van der Waals surface area (Å²) in [6.07, 6.45) is 0. The van der Waals surface area contributed by atoms with Gasteiger partial charge in [-0.05, 0) is 38.1 Å². The van der Waals surface area contributed by atoms with Crippen molar-refractivity contribution in [3.63, 3.8) is 0 Å². The van der Waals surface area contributed by atoms with E-state index in [4.69, 9.17) is 0 Å². The van der Waals surface area contributed by atoms with Crippen molar-refractivity contribution in [1.29, 1.82) is 0 Å². The summed E-state index contributed by atoms with van der Waals surface area (Å²) in [6, 6.07) is 19.9. The van der Waals surface area contributed by atoms with Gasteiger partial charge in [-0.3, -0.25) is 0 Å². The molecule has 0 spiro atoms. The Balaban J connectivity index is 1.57. The van der Waals surface area contributed by atoms with Crippen molar-refractivity contribution in [2.24, 2.45) is 0 Å². The lowest BCUT2D eigenvalue weighted by atomic mass is 10.0. The van der Waals surface area contributed by atoms with Gasteiger partial charge in [0.05, 0.1) is 5.54 Å².